The molecular formula is C17H17N3O6. The van der Waals surface area contributed by atoms with Crippen LogP contribution in [0.2, 0.25) is 0 Å². The number of nitro groups is 1. The average molecular weight is 359 g/mol. The number of carbonyl (C=O) groups is 1. The Morgan fingerprint density at radius 1 is 1.04 bits per heavy atom. The van der Waals surface area contributed by atoms with Crippen LogP contribution in [0.5, 0.6) is 17.2 Å². The van der Waals surface area contributed by atoms with Gasteiger partial charge in [0, 0.05) is 29.3 Å². The molecule has 0 aliphatic rings. The summed E-state index contributed by atoms with van der Waals surface area (Å²) in [5, 5.41) is 14.5. The third-order valence-corrected chi connectivity index (χ3v) is 3.45. The molecule has 0 aromatic heterocycles. The van der Waals surface area contributed by atoms with Crippen molar-refractivity contribution in [3.8, 4) is 17.2 Å². The fourth-order valence-electron chi connectivity index (χ4n) is 2.11. The lowest BCUT2D eigenvalue weighted by molar-refractivity contribution is -0.384. The summed E-state index contributed by atoms with van der Waals surface area (Å²) in [6.45, 7) is 0. The Bertz CT molecular complexity index is 833. The molecule has 0 fully saturated rings. The van der Waals surface area contributed by atoms with E-state index in [9.17, 15) is 14.9 Å². The Morgan fingerprint density at radius 3 is 2.15 bits per heavy atom. The minimum Gasteiger partial charge on any atom is -0.496 e. The topological polar surface area (TPSA) is 112 Å². The van der Waals surface area contributed by atoms with Crippen LogP contribution in [0.1, 0.15) is 15.9 Å². The SMILES string of the molecule is COc1cc(OC)c(OC)cc1C=NNC(=O)c1ccc([N+](=O)[O-])cc1. The van der Waals surface area contributed by atoms with Gasteiger partial charge in [0.2, 0.25) is 0 Å². The summed E-state index contributed by atoms with van der Waals surface area (Å²) in [6, 6.07) is 8.48. The first-order chi connectivity index (χ1) is 12.5. The summed E-state index contributed by atoms with van der Waals surface area (Å²) in [5.74, 6) is 0.958. The second kappa shape index (κ2) is 8.47. The molecule has 0 saturated carbocycles. The molecule has 9 heteroatoms. The highest BCUT2D eigenvalue weighted by atomic mass is 16.6. The van der Waals surface area contributed by atoms with Crippen molar-refractivity contribution in [1.29, 1.82) is 0 Å². The monoisotopic (exact) mass is 359 g/mol. The standard InChI is InChI=1S/C17H17N3O6/c1-24-14-9-16(26-3)15(25-2)8-12(14)10-18-19-17(21)11-4-6-13(7-5-11)20(22)23/h4-10H,1-3H3,(H,19,21). The summed E-state index contributed by atoms with van der Waals surface area (Å²) >= 11 is 0. The second-order valence-electron chi connectivity index (χ2n) is 4.95. The lowest BCUT2D eigenvalue weighted by Gasteiger charge is -2.11. The normalized spacial score (nSPS) is 10.4. The maximum atomic E-state index is 12.0. The number of hydrogen-bond acceptors (Lipinski definition) is 7. The minimum atomic E-state index is -0.539. The van der Waals surface area contributed by atoms with Gasteiger partial charge in [0.1, 0.15) is 5.75 Å². The number of rotatable bonds is 7. The molecule has 0 heterocycles. The average Bonchev–Trinajstić information content (AvgIpc) is 2.67. The molecule has 136 valence electrons. The van der Waals surface area contributed by atoms with Gasteiger partial charge in [-0.2, -0.15) is 5.10 Å². The number of nitro benzene ring substituents is 1. The number of methoxy groups -OCH3 is 3. The van der Waals surface area contributed by atoms with Gasteiger partial charge < -0.3 is 14.2 Å². The molecule has 0 spiro atoms. The van der Waals surface area contributed by atoms with E-state index in [-0.39, 0.29) is 11.3 Å². The summed E-state index contributed by atoms with van der Waals surface area (Å²) in [5.41, 5.74) is 3.06. The fourth-order valence-corrected chi connectivity index (χ4v) is 2.11. The summed E-state index contributed by atoms with van der Waals surface area (Å²) in [7, 11) is 4.51. The van der Waals surface area contributed by atoms with Crippen molar-refractivity contribution in [2.75, 3.05) is 21.3 Å². The van der Waals surface area contributed by atoms with Crippen LogP contribution in [0.25, 0.3) is 0 Å². The Morgan fingerprint density at radius 2 is 1.62 bits per heavy atom. The Balaban J connectivity index is 2.14. The molecule has 0 aliphatic carbocycles. The molecule has 0 atom stereocenters. The van der Waals surface area contributed by atoms with Crippen LogP contribution < -0.4 is 19.6 Å². The van der Waals surface area contributed by atoms with Gasteiger partial charge in [-0.15, -0.1) is 0 Å². The smallest absolute Gasteiger partial charge is 0.271 e. The third-order valence-electron chi connectivity index (χ3n) is 3.45. The molecular weight excluding hydrogens is 342 g/mol. The highest BCUT2D eigenvalue weighted by Crippen LogP contribution is 2.33. The zero-order chi connectivity index (χ0) is 19.1. The van der Waals surface area contributed by atoms with Crippen LogP contribution in [-0.2, 0) is 0 Å². The highest BCUT2D eigenvalue weighted by Gasteiger charge is 2.11. The predicted octanol–water partition coefficient (Wildman–Crippen LogP) is 2.38. The van der Waals surface area contributed by atoms with Crippen LogP contribution in [0.15, 0.2) is 41.5 Å². The summed E-state index contributed by atoms with van der Waals surface area (Å²) in [6.07, 6.45) is 1.39. The van der Waals surface area contributed by atoms with Crippen LogP contribution in [0.4, 0.5) is 5.69 Å². The molecule has 0 saturated heterocycles. The zero-order valence-electron chi connectivity index (χ0n) is 14.4. The van der Waals surface area contributed by atoms with Crippen molar-refractivity contribution in [2.45, 2.75) is 0 Å². The molecule has 0 aliphatic heterocycles. The molecule has 2 aromatic carbocycles. The van der Waals surface area contributed by atoms with E-state index in [4.69, 9.17) is 14.2 Å². The van der Waals surface area contributed by atoms with Gasteiger partial charge in [-0.25, -0.2) is 5.43 Å². The maximum Gasteiger partial charge on any atom is 0.271 e. The van der Waals surface area contributed by atoms with Gasteiger partial charge in [0.05, 0.1) is 32.5 Å². The number of hydrazone groups is 1. The quantitative estimate of drug-likeness (QED) is 0.461. The van der Waals surface area contributed by atoms with Gasteiger partial charge >= 0.3 is 0 Å². The number of ether oxygens (including phenoxy) is 3. The predicted molar refractivity (Wildman–Crippen MR) is 94.3 cm³/mol. The van der Waals surface area contributed by atoms with Crippen molar-refractivity contribution in [3.05, 3.63) is 57.6 Å². The maximum absolute atomic E-state index is 12.0. The van der Waals surface area contributed by atoms with Gasteiger partial charge in [0.15, 0.2) is 11.5 Å². The fraction of sp³-hybridized carbons (Fsp3) is 0.176. The molecule has 2 rings (SSSR count). The van der Waals surface area contributed by atoms with Crippen LogP contribution in [0, 0.1) is 10.1 Å². The summed E-state index contributed by atoms with van der Waals surface area (Å²) < 4.78 is 15.7. The molecule has 0 unspecified atom stereocenters. The minimum absolute atomic E-state index is 0.0971. The Hall–Kier alpha value is -3.62. The molecule has 2 aromatic rings. The van der Waals surface area contributed by atoms with Gasteiger partial charge in [-0.05, 0) is 18.2 Å². The highest BCUT2D eigenvalue weighted by molar-refractivity contribution is 5.95. The van der Waals surface area contributed by atoms with Crippen LogP contribution >= 0.6 is 0 Å². The second-order valence-corrected chi connectivity index (χ2v) is 4.95. The van der Waals surface area contributed by atoms with Crippen molar-refractivity contribution in [3.63, 3.8) is 0 Å². The van der Waals surface area contributed by atoms with E-state index in [0.717, 1.165) is 0 Å². The first kappa shape index (κ1) is 18.7. The zero-order valence-corrected chi connectivity index (χ0v) is 14.4. The lowest BCUT2D eigenvalue weighted by Crippen LogP contribution is -2.17. The molecule has 0 radical (unpaired) electrons. The molecule has 26 heavy (non-hydrogen) atoms. The van der Waals surface area contributed by atoms with Gasteiger partial charge in [-0.1, -0.05) is 0 Å². The van der Waals surface area contributed by atoms with E-state index in [1.807, 2.05) is 0 Å². The van der Waals surface area contributed by atoms with E-state index in [1.54, 1.807) is 12.1 Å². The molecule has 1 amide bonds. The third kappa shape index (κ3) is 4.26. The number of amides is 1. The molecule has 9 nitrogen and oxygen atoms in total. The van der Waals surface area contributed by atoms with E-state index < -0.39 is 10.8 Å². The van der Waals surface area contributed by atoms with Gasteiger partial charge in [-0.3, -0.25) is 14.9 Å². The van der Waals surface area contributed by atoms with E-state index >= 15 is 0 Å². The van der Waals surface area contributed by atoms with Crippen molar-refractivity contribution in [2.24, 2.45) is 5.10 Å². The first-order valence-corrected chi connectivity index (χ1v) is 7.38. The number of nitrogens with zero attached hydrogens (tertiary/aromatic N) is 2. The van der Waals surface area contributed by atoms with Crippen molar-refractivity contribution >= 4 is 17.8 Å². The first-order valence-electron chi connectivity index (χ1n) is 7.38. The van der Waals surface area contributed by atoms with Gasteiger partial charge in [0.25, 0.3) is 11.6 Å². The Labute approximate surface area is 149 Å². The summed E-state index contributed by atoms with van der Waals surface area (Å²) in [4.78, 5) is 22.1. The molecule has 1 N–H and O–H groups in total. The lowest BCUT2D eigenvalue weighted by atomic mass is 10.2. The van der Waals surface area contributed by atoms with E-state index in [2.05, 4.69) is 10.5 Å². The van der Waals surface area contributed by atoms with E-state index in [1.165, 1.54) is 51.8 Å². The van der Waals surface area contributed by atoms with Crippen LogP contribution in [-0.4, -0.2) is 38.4 Å². The van der Waals surface area contributed by atoms with Crippen molar-refractivity contribution in [1.82, 2.24) is 5.43 Å². The molecule has 0 bridgehead atoms. The number of benzene rings is 2. The number of carbonyl (C=O) groups excluding carboxylic acids is 1. The van der Waals surface area contributed by atoms with E-state index in [0.29, 0.717) is 22.8 Å². The number of hydrogen-bond donors (Lipinski definition) is 1. The number of nitrogens with one attached hydrogen (secondary N) is 1. The Kier molecular flexibility index (Phi) is 6.10. The largest absolute Gasteiger partial charge is 0.496 e. The van der Waals surface area contributed by atoms with Crippen molar-refractivity contribution < 1.29 is 23.9 Å². The van der Waals surface area contributed by atoms with Crippen LogP contribution in [0.3, 0.4) is 0 Å². The number of non-ortho nitro benzene ring substituents is 1.